The van der Waals surface area contributed by atoms with Crippen LogP contribution in [0.25, 0.3) is 10.9 Å². The maximum Gasteiger partial charge on any atom is 0.410 e. The Kier molecular flexibility index (Phi) is 3.82. The zero-order valence-electron chi connectivity index (χ0n) is 14.8. The minimum absolute atomic E-state index is 0.142. The van der Waals surface area contributed by atoms with E-state index in [1.165, 1.54) is 12.1 Å². The summed E-state index contributed by atoms with van der Waals surface area (Å²) in [6, 6.07) is 6.00. The highest BCUT2D eigenvalue weighted by Gasteiger charge is 2.47. The number of benzene rings is 1. The smallest absolute Gasteiger partial charge is 0.410 e. The van der Waals surface area contributed by atoms with Crippen molar-refractivity contribution in [3.8, 4) is 0 Å². The van der Waals surface area contributed by atoms with Crippen LogP contribution in [0.5, 0.6) is 0 Å². The van der Waals surface area contributed by atoms with E-state index in [-0.39, 0.29) is 17.8 Å². The zero-order valence-corrected chi connectivity index (χ0v) is 14.8. The molecule has 2 aliphatic rings. The number of amides is 2. The lowest BCUT2D eigenvalue weighted by Crippen LogP contribution is -2.52. The van der Waals surface area contributed by atoms with Crippen LogP contribution in [0.3, 0.4) is 0 Å². The molecule has 1 unspecified atom stereocenters. The predicted molar refractivity (Wildman–Crippen MR) is 93.4 cm³/mol. The number of likely N-dealkylation sites (N-methyl/N-ethyl adjacent to an activating group) is 1. The Morgan fingerprint density at radius 3 is 2.85 bits per heavy atom. The van der Waals surface area contributed by atoms with E-state index in [0.717, 1.165) is 12.8 Å². The van der Waals surface area contributed by atoms with Gasteiger partial charge in [0.25, 0.3) is 5.91 Å². The monoisotopic (exact) mass is 357 g/mol. The van der Waals surface area contributed by atoms with E-state index in [0.29, 0.717) is 41.8 Å². The van der Waals surface area contributed by atoms with E-state index in [1.54, 1.807) is 35.9 Å². The normalized spacial score (nSPS) is 23.0. The number of piperidine rings is 1. The molecule has 1 aromatic carbocycles. The van der Waals surface area contributed by atoms with Crippen LogP contribution in [0.15, 0.2) is 24.3 Å². The number of pyridine rings is 1. The van der Waals surface area contributed by atoms with Gasteiger partial charge in [0.15, 0.2) is 0 Å². The summed E-state index contributed by atoms with van der Waals surface area (Å²) < 4.78 is 19.1. The third-order valence-corrected chi connectivity index (χ3v) is 5.10. The number of hydrogen-bond donors (Lipinski definition) is 0. The van der Waals surface area contributed by atoms with E-state index >= 15 is 0 Å². The maximum atomic E-state index is 13.5. The van der Waals surface area contributed by atoms with Crippen molar-refractivity contribution in [2.45, 2.75) is 25.4 Å². The number of nitrogens with zero attached hydrogens (tertiary/aromatic N) is 3. The molecule has 1 aromatic heterocycles. The first kappa shape index (κ1) is 16.8. The van der Waals surface area contributed by atoms with Crippen LogP contribution in [-0.2, 0) is 4.74 Å². The summed E-state index contributed by atoms with van der Waals surface area (Å²) in [5, 5.41) is 0.627. The average molecular weight is 357 g/mol. The number of rotatable bonds is 1. The maximum absolute atomic E-state index is 13.5. The van der Waals surface area contributed by atoms with Crippen LogP contribution in [0.4, 0.5) is 9.18 Å². The van der Waals surface area contributed by atoms with Crippen molar-refractivity contribution >= 4 is 22.9 Å². The summed E-state index contributed by atoms with van der Waals surface area (Å²) in [6.07, 6.45) is 1.16. The fraction of sp³-hybridized carbons (Fsp3) is 0.421. The first-order valence-electron chi connectivity index (χ1n) is 8.67. The lowest BCUT2D eigenvalue weighted by atomic mass is 9.92. The summed E-state index contributed by atoms with van der Waals surface area (Å²) in [5.41, 5.74) is 0.989. The van der Waals surface area contributed by atoms with E-state index in [1.807, 2.05) is 0 Å². The molecule has 4 rings (SSSR count). The minimum Gasteiger partial charge on any atom is -0.439 e. The Labute approximate surface area is 150 Å². The number of carbonyl (C=O) groups is 2. The molecule has 2 aliphatic heterocycles. The van der Waals surface area contributed by atoms with Gasteiger partial charge in [0.05, 0.1) is 24.2 Å². The summed E-state index contributed by atoms with van der Waals surface area (Å²) in [4.78, 5) is 32.6. The quantitative estimate of drug-likeness (QED) is 0.787. The van der Waals surface area contributed by atoms with Crippen molar-refractivity contribution < 1.29 is 18.7 Å². The second kappa shape index (κ2) is 5.93. The van der Waals surface area contributed by atoms with Crippen molar-refractivity contribution in [2.75, 3.05) is 26.7 Å². The standard InChI is InChI=1S/C19H20FN3O3/c1-12-8-15(14-5-4-13(20)9-16(14)21-12)17(24)23-7-3-6-19(11-23)10-22(2)18(25)26-19/h4-5,8-9H,3,6-7,10-11H2,1-2H3. The van der Waals surface area contributed by atoms with Crippen molar-refractivity contribution in [3.63, 3.8) is 0 Å². The van der Waals surface area contributed by atoms with Gasteiger partial charge in [0.2, 0.25) is 0 Å². The molecule has 1 spiro atoms. The van der Waals surface area contributed by atoms with Gasteiger partial charge in [-0.1, -0.05) is 0 Å². The number of hydrogen-bond acceptors (Lipinski definition) is 4. The van der Waals surface area contributed by atoms with Crippen molar-refractivity contribution in [1.29, 1.82) is 0 Å². The van der Waals surface area contributed by atoms with Crippen LogP contribution in [0.2, 0.25) is 0 Å². The number of aromatic nitrogens is 1. The lowest BCUT2D eigenvalue weighted by Gasteiger charge is -2.38. The zero-order chi connectivity index (χ0) is 18.5. The number of ether oxygens (including phenoxy) is 1. The fourth-order valence-electron chi connectivity index (χ4n) is 3.96. The van der Waals surface area contributed by atoms with Gasteiger partial charge in [-0.2, -0.15) is 0 Å². The first-order valence-corrected chi connectivity index (χ1v) is 8.67. The van der Waals surface area contributed by atoms with E-state index in [9.17, 15) is 14.0 Å². The van der Waals surface area contributed by atoms with Gasteiger partial charge in [-0.05, 0) is 38.0 Å². The number of aryl methyl sites for hydroxylation is 1. The van der Waals surface area contributed by atoms with Crippen LogP contribution in [0, 0.1) is 12.7 Å². The van der Waals surface area contributed by atoms with Gasteiger partial charge in [-0.25, -0.2) is 9.18 Å². The van der Waals surface area contributed by atoms with E-state index in [2.05, 4.69) is 4.98 Å². The molecule has 2 amide bonds. The number of fused-ring (bicyclic) bond motifs is 1. The largest absolute Gasteiger partial charge is 0.439 e. The lowest BCUT2D eigenvalue weighted by molar-refractivity contribution is -0.00514. The molecule has 0 bridgehead atoms. The highest BCUT2D eigenvalue weighted by Crippen LogP contribution is 2.32. The molecule has 0 radical (unpaired) electrons. The summed E-state index contributed by atoms with van der Waals surface area (Å²) in [6.45, 7) is 3.24. The molecular weight excluding hydrogens is 337 g/mol. The Bertz CT molecular complexity index is 911. The van der Waals surface area contributed by atoms with Crippen LogP contribution in [0.1, 0.15) is 28.9 Å². The molecule has 0 aliphatic carbocycles. The molecule has 0 N–H and O–H groups in total. The second-order valence-electron chi connectivity index (χ2n) is 7.21. The van der Waals surface area contributed by atoms with Gasteiger partial charge in [-0.15, -0.1) is 0 Å². The summed E-state index contributed by atoms with van der Waals surface area (Å²) in [5.74, 6) is -0.524. The fourth-order valence-corrected chi connectivity index (χ4v) is 3.96. The number of halogens is 1. The Hall–Kier alpha value is -2.70. The molecule has 0 saturated carbocycles. The predicted octanol–water partition coefficient (Wildman–Crippen LogP) is 2.74. The topological polar surface area (TPSA) is 62.7 Å². The molecule has 6 nitrogen and oxygen atoms in total. The van der Waals surface area contributed by atoms with Crippen LogP contribution >= 0.6 is 0 Å². The van der Waals surface area contributed by atoms with Crippen LogP contribution in [-0.4, -0.2) is 59.1 Å². The van der Waals surface area contributed by atoms with Gasteiger partial charge in [0.1, 0.15) is 11.4 Å². The molecule has 7 heteroatoms. The van der Waals surface area contributed by atoms with Gasteiger partial charge >= 0.3 is 6.09 Å². The molecule has 136 valence electrons. The van der Waals surface area contributed by atoms with Crippen molar-refractivity contribution in [2.24, 2.45) is 0 Å². The van der Waals surface area contributed by atoms with Gasteiger partial charge in [0, 0.05) is 30.7 Å². The molecule has 2 aromatic rings. The minimum atomic E-state index is -0.635. The summed E-state index contributed by atoms with van der Waals surface area (Å²) >= 11 is 0. The Morgan fingerprint density at radius 2 is 2.12 bits per heavy atom. The van der Waals surface area contributed by atoms with E-state index in [4.69, 9.17) is 4.74 Å². The molecule has 2 saturated heterocycles. The first-order chi connectivity index (χ1) is 12.4. The Morgan fingerprint density at radius 1 is 1.31 bits per heavy atom. The summed E-state index contributed by atoms with van der Waals surface area (Å²) in [7, 11) is 1.70. The molecule has 26 heavy (non-hydrogen) atoms. The number of likely N-dealkylation sites (tertiary alicyclic amines) is 1. The molecule has 2 fully saturated rings. The van der Waals surface area contributed by atoms with Gasteiger partial charge in [-0.3, -0.25) is 9.78 Å². The van der Waals surface area contributed by atoms with Crippen LogP contribution < -0.4 is 0 Å². The third kappa shape index (κ3) is 2.77. The number of carbonyl (C=O) groups excluding carboxylic acids is 2. The molecule has 1 atom stereocenters. The Balaban J connectivity index is 1.68. The highest BCUT2D eigenvalue weighted by atomic mass is 19.1. The molecule has 3 heterocycles. The second-order valence-corrected chi connectivity index (χ2v) is 7.21. The molecular formula is C19H20FN3O3. The third-order valence-electron chi connectivity index (χ3n) is 5.10. The SMILES string of the molecule is Cc1cc(C(=O)N2CCCC3(CN(C)C(=O)O3)C2)c2ccc(F)cc2n1. The van der Waals surface area contributed by atoms with Gasteiger partial charge < -0.3 is 14.5 Å². The van der Waals surface area contributed by atoms with E-state index < -0.39 is 5.60 Å². The highest BCUT2D eigenvalue weighted by molar-refractivity contribution is 6.06. The van der Waals surface area contributed by atoms with Crippen molar-refractivity contribution in [1.82, 2.24) is 14.8 Å². The average Bonchev–Trinajstić information content (AvgIpc) is 2.86. The van der Waals surface area contributed by atoms with Crippen molar-refractivity contribution in [3.05, 3.63) is 41.3 Å².